The molecular formula is C20H21N5O2. The third-order valence-electron chi connectivity index (χ3n) is 4.83. The van der Waals surface area contributed by atoms with E-state index in [1.165, 1.54) is 5.56 Å². The van der Waals surface area contributed by atoms with Gasteiger partial charge >= 0.3 is 11.8 Å². The van der Waals surface area contributed by atoms with Gasteiger partial charge in [-0.05, 0) is 42.8 Å². The first-order chi connectivity index (χ1) is 13.1. The van der Waals surface area contributed by atoms with Crippen LogP contribution in [0.25, 0.3) is 10.9 Å². The highest BCUT2D eigenvalue weighted by atomic mass is 16.2. The van der Waals surface area contributed by atoms with Crippen LogP contribution in [0.15, 0.2) is 48.7 Å². The number of hydrogen-bond donors (Lipinski definition) is 2. The molecule has 1 fully saturated rings. The fraction of sp³-hybridized carbons (Fsp3) is 0.250. The van der Waals surface area contributed by atoms with Crippen LogP contribution in [0.5, 0.6) is 0 Å². The van der Waals surface area contributed by atoms with Crippen molar-refractivity contribution in [3.63, 3.8) is 0 Å². The molecule has 2 N–H and O–H groups in total. The molecule has 138 valence electrons. The van der Waals surface area contributed by atoms with E-state index in [1.807, 2.05) is 12.1 Å². The second-order valence-corrected chi connectivity index (χ2v) is 6.74. The number of nitrogens with one attached hydrogen (secondary N) is 2. The van der Waals surface area contributed by atoms with Gasteiger partial charge in [-0.3, -0.25) is 14.7 Å². The Bertz CT molecular complexity index is 989. The largest absolute Gasteiger partial charge is 0.368 e. The number of carbonyl (C=O) groups is 2. The zero-order chi connectivity index (χ0) is 18.8. The number of aryl methyl sites for hydroxylation is 1. The number of H-pyrrole nitrogens is 1. The molecule has 1 aliphatic rings. The first-order valence-electron chi connectivity index (χ1n) is 8.95. The summed E-state index contributed by atoms with van der Waals surface area (Å²) in [5, 5.41) is 10.4. The molecule has 4 rings (SSSR count). The molecule has 0 saturated carbocycles. The van der Waals surface area contributed by atoms with Crippen molar-refractivity contribution in [3.05, 3.63) is 54.2 Å². The van der Waals surface area contributed by atoms with E-state index in [2.05, 4.69) is 45.5 Å². The molecule has 7 nitrogen and oxygen atoms in total. The van der Waals surface area contributed by atoms with E-state index < -0.39 is 11.8 Å². The fourth-order valence-corrected chi connectivity index (χ4v) is 3.34. The van der Waals surface area contributed by atoms with Gasteiger partial charge in [0.05, 0.1) is 11.7 Å². The third kappa shape index (κ3) is 3.62. The first-order valence-corrected chi connectivity index (χ1v) is 8.95. The van der Waals surface area contributed by atoms with E-state index >= 15 is 0 Å². The number of hydrogen-bond acceptors (Lipinski definition) is 4. The summed E-state index contributed by atoms with van der Waals surface area (Å²) in [7, 11) is 0. The molecule has 0 spiro atoms. The predicted molar refractivity (Wildman–Crippen MR) is 105 cm³/mol. The zero-order valence-corrected chi connectivity index (χ0v) is 15.1. The summed E-state index contributed by atoms with van der Waals surface area (Å²) in [5.41, 5.74) is 3.74. The van der Waals surface area contributed by atoms with Gasteiger partial charge in [0.1, 0.15) is 0 Å². The molecule has 0 bridgehead atoms. The van der Waals surface area contributed by atoms with E-state index in [0.717, 1.165) is 16.6 Å². The van der Waals surface area contributed by atoms with Crippen molar-refractivity contribution in [1.82, 2.24) is 15.1 Å². The van der Waals surface area contributed by atoms with Crippen LogP contribution < -0.4 is 10.2 Å². The van der Waals surface area contributed by atoms with Gasteiger partial charge in [0.2, 0.25) is 0 Å². The maximum atomic E-state index is 12.5. The summed E-state index contributed by atoms with van der Waals surface area (Å²) in [5.74, 6) is -1.11. The first kappa shape index (κ1) is 17.1. The molecule has 3 aromatic rings. The molecule has 0 aliphatic carbocycles. The Morgan fingerprint density at radius 3 is 2.67 bits per heavy atom. The number of rotatable bonds is 2. The lowest BCUT2D eigenvalue weighted by atomic mass is 10.2. The van der Waals surface area contributed by atoms with Gasteiger partial charge < -0.3 is 15.1 Å². The summed E-state index contributed by atoms with van der Waals surface area (Å²) in [6, 6.07) is 13.7. The highest BCUT2D eigenvalue weighted by molar-refractivity contribution is 6.39. The van der Waals surface area contributed by atoms with Gasteiger partial charge in [-0.25, -0.2) is 0 Å². The average Bonchev–Trinajstić information content (AvgIpc) is 3.15. The van der Waals surface area contributed by atoms with Crippen LogP contribution in [0.1, 0.15) is 5.56 Å². The summed E-state index contributed by atoms with van der Waals surface area (Å²) >= 11 is 0. The van der Waals surface area contributed by atoms with Crippen molar-refractivity contribution in [2.75, 3.05) is 36.4 Å². The number of anilines is 2. The quantitative estimate of drug-likeness (QED) is 0.684. The van der Waals surface area contributed by atoms with Gasteiger partial charge in [0.15, 0.2) is 0 Å². The van der Waals surface area contributed by atoms with Crippen LogP contribution >= 0.6 is 0 Å². The normalized spacial score (nSPS) is 14.4. The summed E-state index contributed by atoms with van der Waals surface area (Å²) in [6.07, 6.45) is 1.71. The van der Waals surface area contributed by atoms with Crippen molar-refractivity contribution in [1.29, 1.82) is 0 Å². The van der Waals surface area contributed by atoms with E-state index in [1.54, 1.807) is 23.2 Å². The van der Waals surface area contributed by atoms with E-state index in [-0.39, 0.29) is 0 Å². The standard InChI is InChI=1S/C20H21N5O2/c1-14-3-2-4-17(11-14)24-7-9-25(10-8-24)20(27)19(26)22-16-6-5-15-13-21-23-18(15)12-16/h2-6,11-13H,7-10H2,1H3,(H,21,23)(H,22,26). The topological polar surface area (TPSA) is 81.3 Å². The summed E-state index contributed by atoms with van der Waals surface area (Å²) < 4.78 is 0. The van der Waals surface area contributed by atoms with Gasteiger partial charge in [-0.1, -0.05) is 12.1 Å². The molecule has 2 aromatic carbocycles. The number of benzene rings is 2. The third-order valence-corrected chi connectivity index (χ3v) is 4.83. The van der Waals surface area contributed by atoms with E-state index in [9.17, 15) is 9.59 Å². The van der Waals surface area contributed by atoms with Gasteiger partial charge in [0, 0.05) is 42.9 Å². The van der Waals surface area contributed by atoms with Crippen molar-refractivity contribution in [3.8, 4) is 0 Å². The Kier molecular flexibility index (Phi) is 4.50. The number of aromatic amines is 1. The van der Waals surface area contributed by atoms with Crippen molar-refractivity contribution in [2.45, 2.75) is 6.92 Å². The molecule has 1 aromatic heterocycles. The lowest BCUT2D eigenvalue weighted by Gasteiger charge is -2.35. The number of nitrogens with zero attached hydrogens (tertiary/aromatic N) is 3. The minimum absolute atomic E-state index is 0.497. The lowest BCUT2D eigenvalue weighted by Crippen LogP contribution is -2.51. The molecule has 1 aliphatic heterocycles. The predicted octanol–water partition coefficient (Wildman–Crippen LogP) is 2.16. The van der Waals surface area contributed by atoms with Gasteiger partial charge in [-0.2, -0.15) is 5.10 Å². The smallest absolute Gasteiger partial charge is 0.313 e. The monoisotopic (exact) mass is 363 g/mol. The van der Waals surface area contributed by atoms with Crippen LogP contribution in [0.3, 0.4) is 0 Å². The summed E-state index contributed by atoms with van der Waals surface area (Å²) in [6.45, 7) is 4.54. The van der Waals surface area contributed by atoms with Crippen LogP contribution in [0.4, 0.5) is 11.4 Å². The molecule has 27 heavy (non-hydrogen) atoms. The Hall–Kier alpha value is -3.35. The average molecular weight is 363 g/mol. The fourth-order valence-electron chi connectivity index (χ4n) is 3.34. The number of piperazine rings is 1. The summed E-state index contributed by atoms with van der Waals surface area (Å²) in [4.78, 5) is 28.7. The Morgan fingerprint density at radius 2 is 1.89 bits per heavy atom. The van der Waals surface area contributed by atoms with Crippen LogP contribution in [-0.4, -0.2) is 53.1 Å². The molecule has 0 radical (unpaired) electrons. The number of fused-ring (bicyclic) bond motifs is 1. The van der Waals surface area contributed by atoms with E-state index in [4.69, 9.17) is 0 Å². The lowest BCUT2D eigenvalue weighted by molar-refractivity contribution is -0.143. The highest BCUT2D eigenvalue weighted by Gasteiger charge is 2.26. The molecule has 2 amide bonds. The molecule has 2 heterocycles. The van der Waals surface area contributed by atoms with Crippen molar-refractivity contribution in [2.24, 2.45) is 0 Å². The van der Waals surface area contributed by atoms with Crippen LogP contribution in [-0.2, 0) is 9.59 Å². The maximum absolute atomic E-state index is 12.5. The van der Waals surface area contributed by atoms with E-state index in [0.29, 0.717) is 31.9 Å². The number of carbonyl (C=O) groups excluding carboxylic acids is 2. The van der Waals surface area contributed by atoms with Crippen LogP contribution in [0.2, 0.25) is 0 Å². The molecule has 7 heteroatoms. The van der Waals surface area contributed by atoms with Gasteiger partial charge in [-0.15, -0.1) is 0 Å². The second kappa shape index (κ2) is 7.11. The number of amides is 2. The van der Waals surface area contributed by atoms with Crippen molar-refractivity contribution < 1.29 is 9.59 Å². The van der Waals surface area contributed by atoms with Crippen LogP contribution in [0, 0.1) is 6.92 Å². The number of aromatic nitrogens is 2. The maximum Gasteiger partial charge on any atom is 0.313 e. The SMILES string of the molecule is Cc1cccc(N2CCN(C(=O)C(=O)Nc3ccc4cn[nH]c4c3)CC2)c1. The van der Waals surface area contributed by atoms with Crippen molar-refractivity contribution >= 4 is 34.1 Å². The minimum Gasteiger partial charge on any atom is -0.368 e. The minimum atomic E-state index is -0.613. The molecule has 0 unspecified atom stereocenters. The Balaban J connectivity index is 1.36. The molecular weight excluding hydrogens is 342 g/mol. The Labute approximate surface area is 157 Å². The highest BCUT2D eigenvalue weighted by Crippen LogP contribution is 2.19. The molecule has 0 atom stereocenters. The molecule has 1 saturated heterocycles. The zero-order valence-electron chi connectivity index (χ0n) is 15.1. The second-order valence-electron chi connectivity index (χ2n) is 6.74. The Morgan fingerprint density at radius 1 is 1.07 bits per heavy atom. The van der Waals surface area contributed by atoms with Gasteiger partial charge in [0.25, 0.3) is 0 Å².